The highest BCUT2D eigenvalue weighted by Gasteiger charge is 2.23. The Morgan fingerprint density at radius 3 is 2.87 bits per heavy atom. The lowest BCUT2D eigenvalue weighted by molar-refractivity contribution is 0.628. The van der Waals surface area contributed by atoms with Gasteiger partial charge < -0.3 is 10.2 Å². The molecule has 0 aliphatic heterocycles. The first-order valence-electron chi connectivity index (χ1n) is 4.96. The van der Waals surface area contributed by atoms with Crippen LogP contribution < -0.4 is 10.2 Å². The molecule has 0 bridgehead atoms. The molecule has 0 spiro atoms. The van der Waals surface area contributed by atoms with Crippen molar-refractivity contribution in [1.82, 2.24) is 5.32 Å². The van der Waals surface area contributed by atoms with Gasteiger partial charge in [0.2, 0.25) is 0 Å². The molecular formula is C11H13FN2S. The van der Waals surface area contributed by atoms with Gasteiger partial charge in [0.25, 0.3) is 0 Å². The Bertz CT molecular complexity index is 377. The first-order chi connectivity index (χ1) is 7.16. The van der Waals surface area contributed by atoms with Crippen LogP contribution in [0.15, 0.2) is 24.3 Å². The minimum atomic E-state index is -0.242. The van der Waals surface area contributed by atoms with Gasteiger partial charge in [0, 0.05) is 18.8 Å². The van der Waals surface area contributed by atoms with E-state index in [-0.39, 0.29) is 5.82 Å². The van der Waals surface area contributed by atoms with Crippen molar-refractivity contribution in [2.45, 2.75) is 18.9 Å². The van der Waals surface area contributed by atoms with E-state index < -0.39 is 0 Å². The fourth-order valence-corrected chi connectivity index (χ4v) is 1.57. The summed E-state index contributed by atoms with van der Waals surface area (Å²) in [6, 6.07) is 6.94. The third-order valence-electron chi connectivity index (χ3n) is 2.41. The normalized spacial score (nSPS) is 14.8. The summed E-state index contributed by atoms with van der Waals surface area (Å²) in [4.78, 5) is 1.79. The van der Waals surface area contributed by atoms with E-state index in [2.05, 4.69) is 5.32 Å². The molecule has 0 aromatic heterocycles. The zero-order valence-electron chi connectivity index (χ0n) is 8.53. The van der Waals surface area contributed by atoms with Crippen LogP contribution in [0.25, 0.3) is 0 Å². The molecule has 1 aromatic carbocycles. The molecule has 15 heavy (non-hydrogen) atoms. The number of thiocarbonyl (C=S) groups is 1. The maximum Gasteiger partial charge on any atom is 0.173 e. The highest BCUT2D eigenvalue weighted by atomic mass is 32.1. The summed E-state index contributed by atoms with van der Waals surface area (Å²) < 4.78 is 13.0. The van der Waals surface area contributed by atoms with Crippen LogP contribution in [0.3, 0.4) is 0 Å². The minimum Gasteiger partial charge on any atom is -0.360 e. The fourth-order valence-electron chi connectivity index (χ4n) is 1.30. The van der Waals surface area contributed by atoms with Crippen LogP contribution in [-0.4, -0.2) is 18.2 Å². The number of halogens is 1. The lowest BCUT2D eigenvalue weighted by Crippen LogP contribution is -2.38. The standard InChI is InChI=1S/C11H13FN2S/c1-14(11(15)13-9-5-6-9)10-4-2-3-8(12)7-10/h2-4,7,9H,5-6H2,1H3,(H,13,15). The van der Waals surface area contributed by atoms with Crippen LogP contribution in [0.4, 0.5) is 10.1 Å². The van der Waals surface area contributed by atoms with Crippen LogP contribution in [0, 0.1) is 5.82 Å². The van der Waals surface area contributed by atoms with Gasteiger partial charge in [-0.1, -0.05) is 6.07 Å². The average Bonchev–Trinajstić information content (AvgIpc) is 3.00. The van der Waals surface area contributed by atoms with Gasteiger partial charge in [-0.05, 0) is 43.3 Å². The summed E-state index contributed by atoms with van der Waals surface area (Å²) in [6.45, 7) is 0. The lowest BCUT2D eigenvalue weighted by Gasteiger charge is -2.20. The monoisotopic (exact) mass is 224 g/mol. The second kappa shape index (κ2) is 4.14. The van der Waals surface area contributed by atoms with Crippen molar-refractivity contribution in [1.29, 1.82) is 0 Å². The van der Waals surface area contributed by atoms with Crippen molar-refractivity contribution >= 4 is 23.0 Å². The van der Waals surface area contributed by atoms with Crippen LogP contribution >= 0.6 is 12.2 Å². The van der Waals surface area contributed by atoms with Crippen molar-refractivity contribution in [3.63, 3.8) is 0 Å². The Morgan fingerprint density at radius 2 is 2.27 bits per heavy atom. The van der Waals surface area contributed by atoms with E-state index in [9.17, 15) is 4.39 Å². The second-order valence-electron chi connectivity index (χ2n) is 3.76. The Morgan fingerprint density at radius 1 is 1.53 bits per heavy atom. The number of anilines is 1. The molecule has 2 rings (SSSR count). The van der Waals surface area contributed by atoms with Gasteiger partial charge >= 0.3 is 0 Å². The van der Waals surface area contributed by atoms with Crippen molar-refractivity contribution in [3.05, 3.63) is 30.1 Å². The zero-order chi connectivity index (χ0) is 10.8. The number of benzene rings is 1. The topological polar surface area (TPSA) is 15.3 Å². The van der Waals surface area contributed by atoms with Crippen molar-refractivity contribution in [3.8, 4) is 0 Å². The van der Waals surface area contributed by atoms with Gasteiger partial charge in [-0.15, -0.1) is 0 Å². The van der Waals surface area contributed by atoms with E-state index in [0.29, 0.717) is 11.2 Å². The van der Waals surface area contributed by atoms with E-state index >= 15 is 0 Å². The molecule has 0 radical (unpaired) electrons. The molecular weight excluding hydrogens is 211 g/mol. The molecule has 80 valence electrons. The van der Waals surface area contributed by atoms with Crippen LogP contribution in [0.1, 0.15) is 12.8 Å². The van der Waals surface area contributed by atoms with Gasteiger partial charge in [0.1, 0.15) is 5.82 Å². The summed E-state index contributed by atoms with van der Waals surface area (Å²) in [6.07, 6.45) is 2.36. The van der Waals surface area contributed by atoms with Crippen molar-refractivity contribution < 1.29 is 4.39 Å². The fraction of sp³-hybridized carbons (Fsp3) is 0.364. The summed E-state index contributed by atoms with van der Waals surface area (Å²) >= 11 is 5.21. The van der Waals surface area contributed by atoms with E-state index in [0.717, 1.165) is 5.69 Å². The van der Waals surface area contributed by atoms with Gasteiger partial charge in [-0.2, -0.15) is 0 Å². The molecule has 4 heteroatoms. The van der Waals surface area contributed by atoms with Gasteiger partial charge in [-0.3, -0.25) is 0 Å². The van der Waals surface area contributed by atoms with Crippen LogP contribution in [0.5, 0.6) is 0 Å². The molecule has 2 nitrogen and oxygen atoms in total. The molecule has 1 aliphatic carbocycles. The first-order valence-corrected chi connectivity index (χ1v) is 5.37. The summed E-state index contributed by atoms with van der Waals surface area (Å²) in [5, 5.41) is 3.86. The largest absolute Gasteiger partial charge is 0.360 e. The van der Waals surface area contributed by atoms with Crippen LogP contribution in [0.2, 0.25) is 0 Å². The third kappa shape index (κ3) is 2.65. The molecule has 1 fully saturated rings. The van der Waals surface area contributed by atoms with Crippen LogP contribution in [-0.2, 0) is 0 Å². The predicted octanol–water partition coefficient (Wildman–Crippen LogP) is 2.30. The van der Waals surface area contributed by atoms with Gasteiger partial charge in [0.05, 0.1) is 0 Å². The van der Waals surface area contributed by atoms with Crippen molar-refractivity contribution in [2.24, 2.45) is 0 Å². The quantitative estimate of drug-likeness (QED) is 0.776. The third-order valence-corrected chi connectivity index (χ3v) is 2.80. The smallest absolute Gasteiger partial charge is 0.173 e. The summed E-state index contributed by atoms with van der Waals surface area (Å²) in [5.41, 5.74) is 0.771. The maximum atomic E-state index is 13.0. The number of nitrogens with one attached hydrogen (secondary N) is 1. The van der Waals surface area contributed by atoms with Gasteiger partial charge in [-0.25, -0.2) is 4.39 Å². The Kier molecular flexibility index (Phi) is 2.86. The Hall–Kier alpha value is -1.16. The molecule has 0 heterocycles. The summed E-state index contributed by atoms with van der Waals surface area (Å²) in [7, 11) is 1.84. The number of nitrogens with zero attached hydrogens (tertiary/aromatic N) is 1. The average molecular weight is 224 g/mol. The Balaban J connectivity index is 2.05. The van der Waals surface area contributed by atoms with Crippen molar-refractivity contribution in [2.75, 3.05) is 11.9 Å². The SMILES string of the molecule is CN(C(=S)NC1CC1)c1cccc(F)c1. The highest BCUT2D eigenvalue weighted by molar-refractivity contribution is 7.80. The number of rotatable bonds is 2. The molecule has 1 saturated carbocycles. The summed E-state index contributed by atoms with van der Waals surface area (Å²) in [5.74, 6) is -0.242. The molecule has 1 N–H and O–H groups in total. The predicted molar refractivity (Wildman–Crippen MR) is 63.6 cm³/mol. The molecule has 1 aromatic rings. The molecule has 0 unspecified atom stereocenters. The lowest BCUT2D eigenvalue weighted by atomic mass is 10.3. The van der Waals surface area contributed by atoms with E-state index in [1.54, 1.807) is 11.0 Å². The zero-order valence-corrected chi connectivity index (χ0v) is 9.35. The maximum absolute atomic E-state index is 13.0. The van der Waals surface area contributed by atoms with E-state index in [1.165, 1.54) is 25.0 Å². The number of hydrogen-bond acceptors (Lipinski definition) is 1. The van der Waals surface area contributed by atoms with E-state index in [1.807, 2.05) is 13.1 Å². The first kappa shape index (κ1) is 10.4. The van der Waals surface area contributed by atoms with E-state index in [4.69, 9.17) is 12.2 Å². The minimum absolute atomic E-state index is 0.242. The Labute approximate surface area is 94.1 Å². The molecule has 0 amide bonds. The molecule has 0 saturated heterocycles. The number of hydrogen-bond donors (Lipinski definition) is 1. The second-order valence-corrected chi connectivity index (χ2v) is 4.15. The highest BCUT2D eigenvalue weighted by Crippen LogP contribution is 2.20. The molecule has 1 aliphatic rings. The molecule has 0 atom stereocenters. The van der Waals surface area contributed by atoms with Gasteiger partial charge in [0.15, 0.2) is 5.11 Å².